The molecule has 2 aromatic heterocycles. The average molecular weight is 351 g/mol. The predicted octanol–water partition coefficient (Wildman–Crippen LogP) is 3.44. The molecule has 0 unspecified atom stereocenters. The van der Waals surface area contributed by atoms with Gasteiger partial charge >= 0.3 is 0 Å². The van der Waals surface area contributed by atoms with Gasteiger partial charge < -0.3 is 14.6 Å². The van der Waals surface area contributed by atoms with Crippen LogP contribution in [0.5, 0.6) is 5.75 Å². The smallest absolute Gasteiger partial charge is 0.261 e. The SMILES string of the molecule is Cc1ccc(C)c(O[C@H](C)C(=O)NCc2cc(-c3cccnc3)no2)c1. The van der Waals surface area contributed by atoms with Crippen LogP contribution in [0.3, 0.4) is 0 Å². The van der Waals surface area contributed by atoms with Crippen molar-refractivity contribution in [3.63, 3.8) is 0 Å². The molecule has 0 radical (unpaired) electrons. The van der Waals surface area contributed by atoms with Crippen molar-refractivity contribution in [2.75, 3.05) is 0 Å². The molecule has 0 spiro atoms. The number of benzene rings is 1. The van der Waals surface area contributed by atoms with Crippen molar-refractivity contribution < 1.29 is 14.1 Å². The third-order valence-corrected chi connectivity index (χ3v) is 3.97. The molecule has 2 heterocycles. The van der Waals surface area contributed by atoms with E-state index in [-0.39, 0.29) is 12.5 Å². The molecule has 0 fully saturated rings. The zero-order valence-corrected chi connectivity index (χ0v) is 15.0. The van der Waals surface area contributed by atoms with E-state index >= 15 is 0 Å². The second kappa shape index (κ2) is 7.82. The number of pyridine rings is 1. The molecular formula is C20H21N3O3. The fourth-order valence-electron chi connectivity index (χ4n) is 2.44. The number of hydrogen-bond donors (Lipinski definition) is 1. The Hall–Kier alpha value is -3.15. The molecule has 0 aliphatic heterocycles. The van der Waals surface area contributed by atoms with E-state index in [0.717, 1.165) is 16.7 Å². The summed E-state index contributed by atoms with van der Waals surface area (Å²) in [5.41, 5.74) is 3.62. The number of carbonyl (C=O) groups is 1. The Labute approximate surface area is 152 Å². The van der Waals surface area contributed by atoms with Crippen LogP contribution >= 0.6 is 0 Å². The summed E-state index contributed by atoms with van der Waals surface area (Å²) < 4.78 is 11.1. The van der Waals surface area contributed by atoms with Crippen LogP contribution in [-0.2, 0) is 11.3 Å². The first-order valence-electron chi connectivity index (χ1n) is 8.40. The highest BCUT2D eigenvalue weighted by Gasteiger charge is 2.16. The molecule has 6 nitrogen and oxygen atoms in total. The Bertz CT molecular complexity index is 890. The maximum absolute atomic E-state index is 12.3. The average Bonchev–Trinajstić information content (AvgIpc) is 3.12. The lowest BCUT2D eigenvalue weighted by Crippen LogP contribution is -2.36. The summed E-state index contributed by atoms with van der Waals surface area (Å²) in [5.74, 6) is 1.06. The minimum Gasteiger partial charge on any atom is -0.481 e. The maximum atomic E-state index is 12.3. The third kappa shape index (κ3) is 4.27. The molecule has 0 saturated carbocycles. The summed E-state index contributed by atoms with van der Waals surface area (Å²) in [7, 11) is 0. The number of amides is 1. The van der Waals surface area contributed by atoms with Gasteiger partial charge in [0, 0.05) is 24.0 Å². The van der Waals surface area contributed by atoms with E-state index in [4.69, 9.17) is 9.26 Å². The minimum absolute atomic E-state index is 0.217. The monoisotopic (exact) mass is 351 g/mol. The van der Waals surface area contributed by atoms with Crippen LogP contribution in [0.25, 0.3) is 11.3 Å². The summed E-state index contributed by atoms with van der Waals surface area (Å²) in [6.45, 7) is 5.90. The van der Waals surface area contributed by atoms with Crippen LogP contribution in [0.4, 0.5) is 0 Å². The summed E-state index contributed by atoms with van der Waals surface area (Å²) in [6.07, 6.45) is 2.79. The molecule has 26 heavy (non-hydrogen) atoms. The van der Waals surface area contributed by atoms with Gasteiger partial charge in [-0.1, -0.05) is 17.3 Å². The molecule has 0 saturated heterocycles. The van der Waals surface area contributed by atoms with Crippen molar-refractivity contribution in [1.82, 2.24) is 15.5 Å². The molecule has 1 aromatic carbocycles. The topological polar surface area (TPSA) is 77.2 Å². The van der Waals surface area contributed by atoms with Gasteiger partial charge in [0.1, 0.15) is 11.4 Å². The molecular weight excluding hydrogens is 330 g/mol. The molecule has 3 aromatic rings. The second-order valence-corrected chi connectivity index (χ2v) is 6.17. The molecule has 1 amide bonds. The van der Waals surface area contributed by atoms with Crippen molar-refractivity contribution in [1.29, 1.82) is 0 Å². The van der Waals surface area contributed by atoms with Crippen LogP contribution in [0.15, 0.2) is 53.3 Å². The first-order chi connectivity index (χ1) is 12.5. The quantitative estimate of drug-likeness (QED) is 0.736. The lowest BCUT2D eigenvalue weighted by Gasteiger charge is -2.16. The number of aromatic nitrogens is 2. The van der Waals surface area contributed by atoms with Gasteiger partial charge in [-0.05, 0) is 50.1 Å². The van der Waals surface area contributed by atoms with E-state index in [1.54, 1.807) is 25.4 Å². The highest BCUT2D eigenvalue weighted by atomic mass is 16.5. The molecule has 0 aliphatic carbocycles. The van der Waals surface area contributed by atoms with Gasteiger partial charge in [0.25, 0.3) is 5.91 Å². The number of nitrogens with zero attached hydrogens (tertiary/aromatic N) is 2. The third-order valence-electron chi connectivity index (χ3n) is 3.97. The Morgan fingerprint density at radius 3 is 2.88 bits per heavy atom. The van der Waals surface area contributed by atoms with E-state index in [1.165, 1.54) is 0 Å². The summed E-state index contributed by atoms with van der Waals surface area (Å²) in [5, 5.41) is 6.81. The van der Waals surface area contributed by atoms with Gasteiger partial charge in [-0.15, -0.1) is 0 Å². The van der Waals surface area contributed by atoms with Gasteiger partial charge in [-0.2, -0.15) is 0 Å². The Morgan fingerprint density at radius 2 is 2.12 bits per heavy atom. The first kappa shape index (κ1) is 17.7. The fourth-order valence-corrected chi connectivity index (χ4v) is 2.44. The number of ether oxygens (including phenoxy) is 1. The summed E-state index contributed by atoms with van der Waals surface area (Å²) >= 11 is 0. The highest BCUT2D eigenvalue weighted by molar-refractivity contribution is 5.80. The normalized spacial score (nSPS) is 11.8. The van der Waals surface area contributed by atoms with Crippen molar-refractivity contribution >= 4 is 5.91 Å². The number of aryl methyl sites for hydroxylation is 2. The van der Waals surface area contributed by atoms with Gasteiger partial charge in [-0.3, -0.25) is 9.78 Å². The fraction of sp³-hybridized carbons (Fsp3) is 0.250. The summed E-state index contributed by atoms with van der Waals surface area (Å²) in [4.78, 5) is 16.3. The van der Waals surface area contributed by atoms with Crippen LogP contribution < -0.4 is 10.1 Å². The standard InChI is InChI=1S/C20H21N3O3/c1-13-6-7-14(2)19(9-13)25-15(3)20(24)22-12-17-10-18(23-26-17)16-5-4-8-21-11-16/h4-11,15H,12H2,1-3H3,(H,22,24)/t15-/m1/s1. The first-order valence-corrected chi connectivity index (χ1v) is 8.40. The van der Waals surface area contributed by atoms with Crippen molar-refractivity contribution in [2.45, 2.75) is 33.4 Å². The van der Waals surface area contributed by atoms with Gasteiger partial charge in [0.2, 0.25) is 0 Å². The molecule has 134 valence electrons. The minimum atomic E-state index is -0.615. The van der Waals surface area contributed by atoms with E-state index in [2.05, 4.69) is 15.5 Å². The van der Waals surface area contributed by atoms with E-state index in [1.807, 2.05) is 44.2 Å². The number of hydrogen-bond acceptors (Lipinski definition) is 5. The maximum Gasteiger partial charge on any atom is 0.261 e. The van der Waals surface area contributed by atoms with Gasteiger partial charge in [-0.25, -0.2) is 0 Å². The Kier molecular flexibility index (Phi) is 5.31. The number of nitrogens with one attached hydrogen (secondary N) is 1. The predicted molar refractivity (Wildman–Crippen MR) is 97.6 cm³/mol. The van der Waals surface area contributed by atoms with E-state index < -0.39 is 6.10 Å². The molecule has 6 heteroatoms. The van der Waals surface area contributed by atoms with E-state index in [9.17, 15) is 4.79 Å². The van der Waals surface area contributed by atoms with Gasteiger partial charge in [0.05, 0.1) is 6.54 Å². The second-order valence-electron chi connectivity index (χ2n) is 6.17. The van der Waals surface area contributed by atoms with Crippen LogP contribution in [0.2, 0.25) is 0 Å². The Morgan fingerprint density at radius 1 is 1.27 bits per heavy atom. The molecule has 1 atom stereocenters. The number of rotatable bonds is 6. The van der Waals surface area contributed by atoms with Crippen molar-refractivity contribution in [2.24, 2.45) is 0 Å². The lowest BCUT2D eigenvalue weighted by molar-refractivity contribution is -0.127. The highest BCUT2D eigenvalue weighted by Crippen LogP contribution is 2.21. The lowest BCUT2D eigenvalue weighted by atomic mass is 10.1. The summed E-state index contributed by atoms with van der Waals surface area (Å²) in [6, 6.07) is 11.4. The van der Waals surface area contributed by atoms with Crippen molar-refractivity contribution in [3.8, 4) is 17.0 Å². The molecule has 0 aliphatic rings. The number of carbonyl (C=O) groups excluding carboxylic acids is 1. The van der Waals surface area contributed by atoms with Crippen LogP contribution in [-0.4, -0.2) is 22.2 Å². The molecule has 0 bridgehead atoms. The largest absolute Gasteiger partial charge is 0.481 e. The molecule has 3 rings (SSSR count). The molecule has 1 N–H and O–H groups in total. The zero-order valence-electron chi connectivity index (χ0n) is 15.0. The van der Waals surface area contributed by atoms with Gasteiger partial charge in [0.15, 0.2) is 11.9 Å². The van der Waals surface area contributed by atoms with Crippen LogP contribution in [0, 0.1) is 13.8 Å². The van der Waals surface area contributed by atoms with Crippen molar-refractivity contribution in [3.05, 3.63) is 65.7 Å². The van der Waals surface area contributed by atoms with Crippen LogP contribution in [0.1, 0.15) is 23.8 Å². The van der Waals surface area contributed by atoms with E-state index in [0.29, 0.717) is 17.2 Å². The Balaban J connectivity index is 1.57. The zero-order chi connectivity index (χ0) is 18.5.